The third-order valence-corrected chi connectivity index (χ3v) is 12.4. The predicted octanol–water partition coefficient (Wildman–Crippen LogP) is 8.48. The molecule has 0 atom stereocenters. The van der Waals surface area contributed by atoms with Crippen LogP contribution in [0.5, 0.6) is 0 Å². The smallest absolute Gasteiger partial charge is 0.0784 e. The van der Waals surface area contributed by atoms with E-state index >= 15 is 0 Å². The van der Waals surface area contributed by atoms with E-state index in [4.69, 9.17) is 0 Å². The SMILES string of the molecule is CC1=C(/C=C/C(C)(C)CC[P+](c2ccccc2)(c2ccccc2)c2ccccc2)C(C)(C)CCC1. The predicted molar refractivity (Wildman–Crippen MR) is 158 cm³/mol. The molecule has 1 aliphatic carbocycles. The van der Waals surface area contributed by atoms with Gasteiger partial charge >= 0.3 is 0 Å². The standard InChI is InChI=1S/C34H42P/c1-28-16-15-24-34(4,5)32(28)23-25-33(2,3)26-27-35(29-17-9-6-10-18-29,30-19-11-7-12-20-30)31-21-13-8-14-22-31/h6-14,17-23,25H,15-16,24,26-27H2,1-5H3/q+1/b25-23+. The molecular weight excluding hydrogens is 439 g/mol. The van der Waals surface area contributed by atoms with Crippen LogP contribution in [0.1, 0.15) is 60.3 Å². The molecule has 1 aliphatic rings. The van der Waals surface area contributed by atoms with Crippen molar-refractivity contribution in [1.29, 1.82) is 0 Å². The molecule has 35 heavy (non-hydrogen) atoms. The second-order valence-electron chi connectivity index (χ2n) is 11.5. The second-order valence-corrected chi connectivity index (χ2v) is 15.2. The van der Waals surface area contributed by atoms with Gasteiger partial charge in [0.15, 0.2) is 0 Å². The van der Waals surface area contributed by atoms with Crippen LogP contribution in [0.2, 0.25) is 0 Å². The molecule has 0 saturated heterocycles. The number of hydrogen-bond donors (Lipinski definition) is 0. The molecule has 3 aromatic carbocycles. The van der Waals surface area contributed by atoms with Gasteiger partial charge in [-0.3, -0.25) is 0 Å². The number of benzene rings is 3. The fraction of sp³-hybridized carbons (Fsp3) is 0.353. The zero-order valence-electron chi connectivity index (χ0n) is 22.3. The molecule has 1 heteroatoms. The minimum atomic E-state index is -1.79. The summed E-state index contributed by atoms with van der Waals surface area (Å²) in [5, 5.41) is 4.43. The molecule has 0 fully saturated rings. The molecule has 0 aromatic heterocycles. The Bertz CT molecular complexity index is 1050. The first-order chi connectivity index (χ1) is 16.7. The van der Waals surface area contributed by atoms with Gasteiger partial charge in [0.25, 0.3) is 0 Å². The van der Waals surface area contributed by atoms with Crippen LogP contribution < -0.4 is 15.9 Å². The summed E-state index contributed by atoms with van der Waals surface area (Å²) in [4.78, 5) is 0. The van der Waals surface area contributed by atoms with Crippen LogP contribution in [0.4, 0.5) is 0 Å². The van der Waals surface area contributed by atoms with Gasteiger partial charge in [0.1, 0.15) is 23.2 Å². The van der Waals surface area contributed by atoms with E-state index in [2.05, 4.69) is 138 Å². The van der Waals surface area contributed by atoms with Crippen molar-refractivity contribution in [3.05, 3.63) is 114 Å². The Morgan fingerprint density at radius 1 is 0.771 bits per heavy atom. The first kappa shape index (κ1) is 25.7. The minimum absolute atomic E-state index is 0.115. The first-order valence-corrected chi connectivity index (χ1v) is 15.2. The van der Waals surface area contributed by atoms with Crippen molar-refractivity contribution in [3.63, 3.8) is 0 Å². The monoisotopic (exact) mass is 481 g/mol. The maximum absolute atomic E-state index is 2.51. The molecule has 0 saturated carbocycles. The van der Waals surface area contributed by atoms with Gasteiger partial charge in [0.2, 0.25) is 0 Å². The Morgan fingerprint density at radius 2 is 1.23 bits per heavy atom. The van der Waals surface area contributed by atoms with E-state index in [9.17, 15) is 0 Å². The highest BCUT2D eigenvalue weighted by atomic mass is 31.2. The summed E-state index contributed by atoms with van der Waals surface area (Å²) in [6, 6.07) is 33.8. The molecular formula is C34H42P+. The zero-order chi connectivity index (χ0) is 24.9. The molecule has 0 bridgehead atoms. The molecule has 0 N–H and O–H groups in total. The van der Waals surface area contributed by atoms with E-state index < -0.39 is 7.26 Å². The molecule has 0 aliphatic heterocycles. The molecule has 0 spiro atoms. The molecule has 0 unspecified atom stereocenters. The Balaban J connectivity index is 1.73. The van der Waals surface area contributed by atoms with Crippen molar-refractivity contribution >= 4 is 23.2 Å². The average Bonchev–Trinajstić information content (AvgIpc) is 2.86. The number of rotatable bonds is 8. The van der Waals surface area contributed by atoms with E-state index in [0.717, 1.165) is 12.6 Å². The van der Waals surface area contributed by atoms with Crippen molar-refractivity contribution < 1.29 is 0 Å². The summed E-state index contributed by atoms with van der Waals surface area (Å²) in [5.74, 6) is 0. The molecule has 0 radical (unpaired) electrons. The highest BCUT2D eigenvalue weighted by Crippen LogP contribution is 2.57. The van der Waals surface area contributed by atoms with Gasteiger partial charge in [-0.1, -0.05) is 100 Å². The number of allylic oxidation sites excluding steroid dienone is 4. The maximum atomic E-state index is 2.51. The van der Waals surface area contributed by atoms with Crippen LogP contribution in [0.3, 0.4) is 0 Å². The van der Waals surface area contributed by atoms with Crippen LogP contribution in [0.15, 0.2) is 114 Å². The Labute approximate surface area is 214 Å². The van der Waals surface area contributed by atoms with Gasteiger partial charge in [-0.25, -0.2) is 0 Å². The van der Waals surface area contributed by atoms with Crippen molar-refractivity contribution in [1.82, 2.24) is 0 Å². The third kappa shape index (κ3) is 5.70. The quantitative estimate of drug-likeness (QED) is 0.283. The van der Waals surface area contributed by atoms with Crippen LogP contribution in [0.25, 0.3) is 0 Å². The molecule has 4 rings (SSSR count). The average molecular weight is 482 g/mol. The summed E-state index contributed by atoms with van der Waals surface area (Å²) in [5.41, 5.74) is 3.54. The highest BCUT2D eigenvalue weighted by Gasteiger charge is 2.45. The van der Waals surface area contributed by atoms with Gasteiger partial charge in [-0.15, -0.1) is 0 Å². The lowest BCUT2D eigenvalue weighted by Gasteiger charge is -2.34. The van der Waals surface area contributed by atoms with Gasteiger partial charge in [-0.05, 0) is 85.4 Å². The van der Waals surface area contributed by atoms with Crippen molar-refractivity contribution in [2.24, 2.45) is 10.8 Å². The Kier molecular flexibility index (Phi) is 7.83. The first-order valence-electron chi connectivity index (χ1n) is 13.2. The maximum Gasteiger partial charge on any atom is 0.112 e. The molecule has 0 amide bonds. The summed E-state index contributed by atoms with van der Waals surface area (Å²) in [6.45, 7) is 12.0. The molecule has 0 heterocycles. The summed E-state index contributed by atoms with van der Waals surface area (Å²) in [7, 11) is -1.79. The normalized spacial score (nSPS) is 16.6. The van der Waals surface area contributed by atoms with Crippen molar-refractivity contribution in [3.8, 4) is 0 Å². The summed E-state index contributed by atoms with van der Waals surface area (Å²) < 4.78 is 0. The summed E-state index contributed by atoms with van der Waals surface area (Å²) >= 11 is 0. The molecule has 0 nitrogen and oxygen atoms in total. The van der Waals surface area contributed by atoms with Crippen LogP contribution in [-0.2, 0) is 0 Å². The van der Waals surface area contributed by atoms with Crippen LogP contribution >= 0.6 is 7.26 Å². The van der Waals surface area contributed by atoms with E-state index in [-0.39, 0.29) is 10.8 Å². The Hall–Kier alpha value is -2.43. The van der Waals surface area contributed by atoms with E-state index in [0.29, 0.717) is 0 Å². The lowest BCUT2D eigenvalue weighted by Crippen LogP contribution is -2.34. The molecule has 3 aromatic rings. The van der Waals surface area contributed by atoms with E-state index in [1.165, 1.54) is 35.2 Å². The Morgan fingerprint density at radius 3 is 1.66 bits per heavy atom. The minimum Gasteiger partial charge on any atom is -0.0784 e. The van der Waals surface area contributed by atoms with Crippen LogP contribution in [-0.4, -0.2) is 6.16 Å². The van der Waals surface area contributed by atoms with E-state index in [1.54, 1.807) is 11.1 Å². The van der Waals surface area contributed by atoms with Crippen molar-refractivity contribution in [2.45, 2.75) is 60.3 Å². The zero-order valence-corrected chi connectivity index (χ0v) is 23.2. The fourth-order valence-electron chi connectivity index (χ4n) is 5.74. The third-order valence-electron chi connectivity index (χ3n) is 7.93. The number of hydrogen-bond acceptors (Lipinski definition) is 0. The van der Waals surface area contributed by atoms with Gasteiger partial charge in [0, 0.05) is 0 Å². The lowest BCUT2D eigenvalue weighted by molar-refractivity contribution is 0.375. The summed E-state index contributed by atoms with van der Waals surface area (Å²) in [6.07, 6.45) is 11.1. The van der Waals surface area contributed by atoms with Crippen LogP contribution in [0, 0.1) is 10.8 Å². The van der Waals surface area contributed by atoms with Gasteiger partial charge in [-0.2, -0.15) is 0 Å². The van der Waals surface area contributed by atoms with E-state index in [1.807, 2.05) is 0 Å². The van der Waals surface area contributed by atoms with Gasteiger partial charge in [0.05, 0.1) is 6.16 Å². The topological polar surface area (TPSA) is 0 Å². The second kappa shape index (κ2) is 10.7. The van der Waals surface area contributed by atoms with Crippen molar-refractivity contribution in [2.75, 3.05) is 6.16 Å². The lowest BCUT2D eigenvalue weighted by atomic mass is 9.72. The largest absolute Gasteiger partial charge is 0.112 e. The van der Waals surface area contributed by atoms with Gasteiger partial charge < -0.3 is 0 Å². The highest BCUT2D eigenvalue weighted by molar-refractivity contribution is 7.95. The molecule has 182 valence electrons. The fourth-order valence-corrected chi connectivity index (χ4v) is 10.4.